The lowest BCUT2D eigenvalue weighted by Gasteiger charge is -2.00. The SMILES string of the molecule is O=c1[nH]c(CCO)nc2cc(F)ccc12. The van der Waals surface area contributed by atoms with E-state index < -0.39 is 5.82 Å². The van der Waals surface area contributed by atoms with Gasteiger partial charge in [0.05, 0.1) is 17.5 Å². The molecule has 1 aromatic heterocycles. The second-order valence-corrected chi connectivity index (χ2v) is 3.15. The first kappa shape index (κ1) is 9.79. The highest BCUT2D eigenvalue weighted by molar-refractivity contribution is 5.77. The van der Waals surface area contributed by atoms with Crippen LogP contribution in [0.5, 0.6) is 0 Å². The Morgan fingerprint density at radius 2 is 2.27 bits per heavy atom. The lowest BCUT2D eigenvalue weighted by atomic mass is 10.2. The topological polar surface area (TPSA) is 66.0 Å². The molecule has 0 spiro atoms. The molecule has 0 saturated heterocycles. The molecule has 1 aromatic carbocycles. The molecule has 2 aromatic rings. The van der Waals surface area contributed by atoms with Gasteiger partial charge in [0.15, 0.2) is 0 Å². The van der Waals surface area contributed by atoms with Crippen LogP contribution in [-0.2, 0) is 6.42 Å². The highest BCUT2D eigenvalue weighted by Crippen LogP contribution is 2.08. The zero-order chi connectivity index (χ0) is 10.8. The molecule has 1 heterocycles. The molecule has 0 fully saturated rings. The van der Waals surface area contributed by atoms with Gasteiger partial charge in [0, 0.05) is 12.5 Å². The Bertz CT molecular complexity index is 551. The molecule has 0 aliphatic heterocycles. The Labute approximate surface area is 84.4 Å². The molecule has 78 valence electrons. The summed E-state index contributed by atoms with van der Waals surface area (Å²) < 4.78 is 12.9. The van der Waals surface area contributed by atoms with Crippen LogP contribution in [0.1, 0.15) is 5.82 Å². The number of hydrogen-bond acceptors (Lipinski definition) is 3. The van der Waals surface area contributed by atoms with Crippen molar-refractivity contribution in [1.29, 1.82) is 0 Å². The van der Waals surface area contributed by atoms with Crippen LogP contribution in [0.3, 0.4) is 0 Å². The molecule has 4 nitrogen and oxygen atoms in total. The molecule has 0 radical (unpaired) electrons. The molecule has 2 N–H and O–H groups in total. The van der Waals surface area contributed by atoms with Crippen molar-refractivity contribution in [3.05, 3.63) is 40.2 Å². The maximum absolute atomic E-state index is 12.9. The van der Waals surface area contributed by atoms with Gasteiger partial charge < -0.3 is 10.1 Å². The van der Waals surface area contributed by atoms with Crippen molar-refractivity contribution in [2.45, 2.75) is 6.42 Å². The summed E-state index contributed by atoms with van der Waals surface area (Å²) >= 11 is 0. The minimum absolute atomic E-state index is 0.107. The highest BCUT2D eigenvalue weighted by Gasteiger charge is 2.04. The van der Waals surface area contributed by atoms with Gasteiger partial charge in [0.25, 0.3) is 5.56 Å². The predicted octanol–water partition coefficient (Wildman–Crippen LogP) is 0.597. The monoisotopic (exact) mass is 208 g/mol. The molecule has 0 amide bonds. The van der Waals surface area contributed by atoms with Crippen molar-refractivity contribution in [2.75, 3.05) is 6.61 Å². The van der Waals surface area contributed by atoms with Crippen molar-refractivity contribution in [3.63, 3.8) is 0 Å². The summed E-state index contributed by atoms with van der Waals surface area (Å²) in [6.45, 7) is -0.107. The second kappa shape index (κ2) is 3.78. The minimum Gasteiger partial charge on any atom is -0.396 e. The summed E-state index contributed by atoms with van der Waals surface area (Å²) in [5.41, 5.74) is -0.00866. The van der Waals surface area contributed by atoms with Crippen LogP contribution in [0, 0.1) is 5.82 Å². The van der Waals surface area contributed by atoms with Crippen molar-refractivity contribution in [1.82, 2.24) is 9.97 Å². The number of nitrogens with zero attached hydrogens (tertiary/aromatic N) is 1. The van der Waals surface area contributed by atoms with Crippen LogP contribution >= 0.6 is 0 Å². The predicted molar refractivity (Wildman–Crippen MR) is 53.1 cm³/mol. The number of aliphatic hydroxyl groups excluding tert-OH is 1. The Morgan fingerprint density at radius 3 is 3.00 bits per heavy atom. The highest BCUT2D eigenvalue weighted by atomic mass is 19.1. The van der Waals surface area contributed by atoms with E-state index in [0.717, 1.165) is 0 Å². The van der Waals surface area contributed by atoms with Gasteiger partial charge in [-0.2, -0.15) is 0 Å². The first-order valence-electron chi connectivity index (χ1n) is 4.50. The molecule has 15 heavy (non-hydrogen) atoms. The number of benzene rings is 1. The zero-order valence-electron chi connectivity index (χ0n) is 7.83. The van der Waals surface area contributed by atoms with Crippen molar-refractivity contribution >= 4 is 10.9 Å². The summed E-state index contributed by atoms with van der Waals surface area (Å²) in [4.78, 5) is 18.0. The summed E-state index contributed by atoms with van der Waals surface area (Å²) in [6.07, 6.45) is 0.252. The van der Waals surface area contributed by atoms with E-state index in [-0.39, 0.29) is 18.6 Å². The van der Waals surface area contributed by atoms with E-state index in [1.165, 1.54) is 18.2 Å². The van der Waals surface area contributed by atoms with Crippen LogP contribution in [-0.4, -0.2) is 21.7 Å². The van der Waals surface area contributed by atoms with Crippen LogP contribution in [0.25, 0.3) is 10.9 Å². The Kier molecular flexibility index (Phi) is 2.47. The van der Waals surface area contributed by atoms with Crippen molar-refractivity contribution < 1.29 is 9.50 Å². The van der Waals surface area contributed by atoms with Crippen molar-refractivity contribution in [3.8, 4) is 0 Å². The summed E-state index contributed by atoms with van der Waals surface area (Å²) in [6, 6.07) is 3.80. The first-order chi connectivity index (χ1) is 7.20. The molecule has 2 rings (SSSR count). The summed E-state index contributed by atoms with van der Waals surface area (Å²) in [5, 5.41) is 9.05. The van der Waals surface area contributed by atoms with Gasteiger partial charge in [-0.1, -0.05) is 0 Å². The molecular weight excluding hydrogens is 199 g/mol. The van der Waals surface area contributed by atoms with Crippen LogP contribution in [0.2, 0.25) is 0 Å². The smallest absolute Gasteiger partial charge is 0.258 e. The third-order valence-corrected chi connectivity index (χ3v) is 2.07. The molecule has 0 bridgehead atoms. The maximum atomic E-state index is 12.9. The van der Waals surface area contributed by atoms with E-state index in [4.69, 9.17) is 5.11 Å². The van der Waals surface area contributed by atoms with Gasteiger partial charge in [-0.3, -0.25) is 4.79 Å². The van der Waals surface area contributed by atoms with Crippen LogP contribution < -0.4 is 5.56 Å². The van der Waals surface area contributed by atoms with E-state index in [1.807, 2.05) is 0 Å². The van der Waals surface area contributed by atoms with E-state index in [9.17, 15) is 9.18 Å². The van der Waals surface area contributed by atoms with Crippen molar-refractivity contribution in [2.24, 2.45) is 0 Å². The van der Waals surface area contributed by atoms with Gasteiger partial charge in [-0.05, 0) is 12.1 Å². The van der Waals surface area contributed by atoms with E-state index in [1.54, 1.807) is 0 Å². The largest absolute Gasteiger partial charge is 0.396 e. The van der Waals surface area contributed by atoms with E-state index in [0.29, 0.717) is 16.7 Å². The number of aromatic amines is 1. The Balaban J connectivity index is 2.68. The van der Waals surface area contributed by atoms with E-state index in [2.05, 4.69) is 9.97 Å². The lowest BCUT2D eigenvalue weighted by Crippen LogP contribution is -2.12. The molecule has 0 aliphatic rings. The molecule has 0 atom stereocenters. The number of nitrogens with one attached hydrogen (secondary N) is 1. The fourth-order valence-corrected chi connectivity index (χ4v) is 1.39. The second-order valence-electron chi connectivity index (χ2n) is 3.15. The fourth-order valence-electron chi connectivity index (χ4n) is 1.39. The Morgan fingerprint density at radius 1 is 1.47 bits per heavy atom. The molecular formula is C10H9FN2O2. The van der Waals surface area contributed by atoms with Gasteiger partial charge in [-0.15, -0.1) is 0 Å². The number of halogens is 1. The average Bonchev–Trinajstić information content (AvgIpc) is 2.17. The number of hydrogen-bond donors (Lipinski definition) is 2. The number of fused-ring (bicyclic) bond motifs is 1. The Hall–Kier alpha value is -1.75. The quantitative estimate of drug-likeness (QED) is 0.759. The minimum atomic E-state index is -0.435. The fraction of sp³-hybridized carbons (Fsp3) is 0.200. The standard InChI is InChI=1S/C10H9FN2O2/c11-6-1-2-7-8(5-6)12-9(3-4-14)13-10(7)15/h1-2,5,14H,3-4H2,(H,12,13,15). The zero-order valence-corrected chi connectivity index (χ0v) is 7.83. The molecule has 5 heteroatoms. The number of rotatable bonds is 2. The van der Waals surface area contributed by atoms with Crippen LogP contribution in [0.15, 0.2) is 23.0 Å². The summed E-state index contributed by atoms with van der Waals surface area (Å²) in [5.74, 6) is -0.0730. The normalized spacial score (nSPS) is 10.8. The maximum Gasteiger partial charge on any atom is 0.258 e. The number of aliphatic hydroxyl groups is 1. The van der Waals surface area contributed by atoms with Gasteiger partial charge in [0.2, 0.25) is 0 Å². The third-order valence-electron chi connectivity index (χ3n) is 2.07. The lowest BCUT2D eigenvalue weighted by molar-refractivity contribution is 0.296. The first-order valence-corrected chi connectivity index (χ1v) is 4.50. The number of aromatic nitrogens is 2. The van der Waals surface area contributed by atoms with Crippen LogP contribution in [0.4, 0.5) is 4.39 Å². The summed E-state index contributed by atoms with van der Waals surface area (Å²) in [7, 11) is 0. The van der Waals surface area contributed by atoms with E-state index >= 15 is 0 Å². The molecule has 0 aliphatic carbocycles. The van der Waals surface area contributed by atoms with Gasteiger partial charge in [-0.25, -0.2) is 9.37 Å². The number of H-pyrrole nitrogens is 1. The molecule has 0 unspecified atom stereocenters. The average molecular weight is 208 g/mol. The van der Waals surface area contributed by atoms with Gasteiger partial charge in [0.1, 0.15) is 11.6 Å². The van der Waals surface area contributed by atoms with Gasteiger partial charge >= 0.3 is 0 Å². The molecule has 0 saturated carbocycles. The third kappa shape index (κ3) is 1.87.